The van der Waals surface area contributed by atoms with Crippen molar-refractivity contribution in [3.63, 3.8) is 0 Å². The van der Waals surface area contributed by atoms with Crippen LogP contribution in [0.2, 0.25) is 0 Å². The Hall–Kier alpha value is -2.67. The van der Waals surface area contributed by atoms with Gasteiger partial charge in [0.15, 0.2) is 0 Å². The standard InChI is InChI=1S/C28H21BrCl2N2O3/c1-2-15-13-16(29)11-12-21(15)32-22(34)14-33-25(35)23-24(26(33)36)28(31)18-8-4-3-7-17(18)27(23,30)19-9-5-6-10-20(19)28/h3-13,23-24H,2,14H2,1H3,(H,32,34)/t23-,24-,27?,28?/m1/s1. The zero-order chi connectivity index (χ0) is 25.4. The highest BCUT2D eigenvalue weighted by Crippen LogP contribution is 2.69. The highest BCUT2D eigenvalue weighted by molar-refractivity contribution is 9.10. The predicted molar refractivity (Wildman–Crippen MR) is 142 cm³/mol. The van der Waals surface area contributed by atoms with Crippen LogP contribution in [0.1, 0.15) is 34.7 Å². The molecule has 1 fully saturated rings. The van der Waals surface area contributed by atoms with Crippen LogP contribution < -0.4 is 5.32 Å². The average molecular weight is 584 g/mol. The van der Waals surface area contributed by atoms with Gasteiger partial charge in [-0.2, -0.15) is 0 Å². The molecule has 36 heavy (non-hydrogen) atoms. The number of anilines is 1. The largest absolute Gasteiger partial charge is 0.324 e. The number of carbonyl (C=O) groups is 3. The normalized spacial score (nSPS) is 27.5. The first kappa shape index (κ1) is 23.7. The molecule has 4 aliphatic rings. The number of imide groups is 1. The molecule has 0 aromatic heterocycles. The van der Waals surface area contributed by atoms with Crippen LogP contribution in [0.5, 0.6) is 0 Å². The monoisotopic (exact) mass is 582 g/mol. The Bertz CT molecular complexity index is 1350. The Balaban J connectivity index is 1.40. The molecule has 3 amide bonds. The molecular weight excluding hydrogens is 563 g/mol. The first-order chi connectivity index (χ1) is 17.2. The molecular formula is C28H21BrCl2N2O3. The second-order valence-electron chi connectivity index (χ2n) is 9.44. The second-order valence-corrected chi connectivity index (χ2v) is 11.5. The van der Waals surface area contributed by atoms with Crippen molar-refractivity contribution >= 4 is 62.5 Å². The van der Waals surface area contributed by atoms with Gasteiger partial charge < -0.3 is 5.32 Å². The summed E-state index contributed by atoms with van der Waals surface area (Å²) in [6, 6.07) is 20.5. The summed E-state index contributed by atoms with van der Waals surface area (Å²) in [5, 5.41) is 2.86. The van der Waals surface area contributed by atoms with Crippen LogP contribution in [0.25, 0.3) is 0 Å². The van der Waals surface area contributed by atoms with Gasteiger partial charge in [-0.3, -0.25) is 19.3 Å². The number of hydrogen-bond donors (Lipinski definition) is 1. The van der Waals surface area contributed by atoms with Crippen LogP contribution in [0.3, 0.4) is 0 Å². The van der Waals surface area contributed by atoms with Crippen molar-refractivity contribution < 1.29 is 14.4 Å². The summed E-state index contributed by atoms with van der Waals surface area (Å²) < 4.78 is 0.903. The summed E-state index contributed by atoms with van der Waals surface area (Å²) in [6.45, 7) is 1.58. The van der Waals surface area contributed by atoms with Crippen molar-refractivity contribution in [1.82, 2.24) is 4.90 Å². The third kappa shape index (κ3) is 2.98. The number of alkyl halides is 2. The van der Waals surface area contributed by atoms with Gasteiger partial charge in [-0.25, -0.2) is 0 Å². The van der Waals surface area contributed by atoms with E-state index in [-0.39, 0.29) is 0 Å². The number of benzene rings is 3. The molecule has 3 aromatic carbocycles. The maximum atomic E-state index is 13.8. The first-order valence-electron chi connectivity index (χ1n) is 11.7. The van der Waals surface area contributed by atoms with E-state index in [1.54, 1.807) is 6.07 Å². The van der Waals surface area contributed by atoms with Crippen LogP contribution in [0, 0.1) is 11.8 Å². The van der Waals surface area contributed by atoms with E-state index in [0.717, 1.165) is 37.2 Å². The lowest BCUT2D eigenvalue weighted by Gasteiger charge is -2.54. The van der Waals surface area contributed by atoms with Crippen LogP contribution in [-0.4, -0.2) is 29.2 Å². The van der Waals surface area contributed by atoms with Crippen molar-refractivity contribution in [1.29, 1.82) is 0 Å². The highest BCUT2D eigenvalue weighted by Gasteiger charge is 2.73. The minimum atomic E-state index is -1.26. The summed E-state index contributed by atoms with van der Waals surface area (Å²) in [4.78, 5) is 39.3. The van der Waals surface area contributed by atoms with Crippen LogP contribution in [0.15, 0.2) is 71.2 Å². The predicted octanol–water partition coefficient (Wildman–Crippen LogP) is 5.54. The summed E-state index contributed by atoms with van der Waals surface area (Å²) in [7, 11) is 0. The molecule has 1 aliphatic heterocycles. The second kappa shape index (κ2) is 8.17. The van der Waals surface area contributed by atoms with Crippen molar-refractivity contribution in [2.24, 2.45) is 11.8 Å². The SMILES string of the molecule is CCc1cc(Br)ccc1NC(=O)CN1C(=O)[C@H]2[C@H](C1=O)C1(Cl)c3ccccc3C2(Cl)c2ccccc21. The summed E-state index contributed by atoms with van der Waals surface area (Å²) in [5.74, 6) is -3.24. The Labute approximate surface area is 226 Å². The molecule has 1 heterocycles. The Morgan fingerprint density at radius 1 is 0.889 bits per heavy atom. The fraction of sp³-hybridized carbons (Fsp3) is 0.250. The van der Waals surface area contributed by atoms with Crippen molar-refractivity contribution in [3.8, 4) is 0 Å². The molecule has 182 valence electrons. The number of amides is 3. The number of nitrogens with zero attached hydrogens (tertiary/aromatic N) is 1. The number of carbonyl (C=O) groups excluding carboxylic acids is 3. The Morgan fingerprint density at radius 3 is 1.81 bits per heavy atom. The van der Waals surface area contributed by atoms with E-state index >= 15 is 0 Å². The minimum Gasteiger partial charge on any atom is -0.324 e. The Morgan fingerprint density at radius 2 is 1.36 bits per heavy atom. The molecule has 8 heteroatoms. The summed E-state index contributed by atoms with van der Waals surface area (Å²) in [5.41, 5.74) is 4.51. The molecule has 7 rings (SSSR count). The molecule has 0 unspecified atom stereocenters. The molecule has 3 aliphatic carbocycles. The number of aryl methyl sites for hydroxylation is 1. The van der Waals surface area contributed by atoms with Gasteiger partial charge in [-0.05, 0) is 52.4 Å². The lowest BCUT2D eigenvalue weighted by Crippen LogP contribution is -2.57. The van der Waals surface area contributed by atoms with Gasteiger partial charge in [-0.1, -0.05) is 71.4 Å². The van der Waals surface area contributed by atoms with Crippen molar-refractivity contribution in [2.75, 3.05) is 11.9 Å². The third-order valence-electron chi connectivity index (χ3n) is 7.70. The van der Waals surface area contributed by atoms with E-state index in [1.165, 1.54) is 0 Å². The molecule has 0 spiro atoms. The van der Waals surface area contributed by atoms with E-state index < -0.39 is 45.9 Å². The molecule has 5 nitrogen and oxygen atoms in total. The number of likely N-dealkylation sites (tertiary alicyclic amines) is 1. The smallest absolute Gasteiger partial charge is 0.244 e. The van der Waals surface area contributed by atoms with E-state index in [4.69, 9.17) is 23.2 Å². The summed E-state index contributed by atoms with van der Waals surface area (Å²) >= 11 is 18.3. The maximum absolute atomic E-state index is 13.8. The zero-order valence-corrected chi connectivity index (χ0v) is 22.3. The van der Waals surface area contributed by atoms with Gasteiger partial charge in [-0.15, -0.1) is 23.2 Å². The van der Waals surface area contributed by atoms with Gasteiger partial charge in [0.1, 0.15) is 16.3 Å². The molecule has 2 bridgehead atoms. The first-order valence-corrected chi connectivity index (χ1v) is 13.3. The number of nitrogens with one attached hydrogen (secondary N) is 1. The topological polar surface area (TPSA) is 66.5 Å². The number of halogens is 3. The molecule has 2 atom stereocenters. The molecule has 3 aromatic rings. The van der Waals surface area contributed by atoms with Gasteiger partial charge in [0.05, 0.1) is 11.8 Å². The fourth-order valence-corrected chi connectivity index (χ4v) is 7.70. The zero-order valence-electron chi connectivity index (χ0n) is 19.2. The van der Waals surface area contributed by atoms with E-state index in [2.05, 4.69) is 21.2 Å². The average Bonchev–Trinajstić information content (AvgIpc) is 3.14. The van der Waals surface area contributed by atoms with Crippen LogP contribution in [0.4, 0.5) is 5.69 Å². The fourth-order valence-electron chi connectivity index (χ4n) is 6.19. The lowest BCUT2D eigenvalue weighted by molar-refractivity contribution is -0.142. The molecule has 0 radical (unpaired) electrons. The molecule has 1 N–H and O–H groups in total. The van der Waals surface area contributed by atoms with Crippen LogP contribution in [-0.2, 0) is 30.6 Å². The number of rotatable bonds is 4. The van der Waals surface area contributed by atoms with E-state index in [0.29, 0.717) is 12.1 Å². The van der Waals surface area contributed by atoms with Gasteiger partial charge in [0.2, 0.25) is 17.7 Å². The van der Waals surface area contributed by atoms with Gasteiger partial charge in [0.25, 0.3) is 0 Å². The maximum Gasteiger partial charge on any atom is 0.244 e. The van der Waals surface area contributed by atoms with Gasteiger partial charge in [0, 0.05) is 10.2 Å². The van der Waals surface area contributed by atoms with Gasteiger partial charge >= 0.3 is 0 Å². The highest BCUT2D eigenvalue weighted by atomic mass is 79.9. The van der Waals surface area contributed by atoms with Crippen LogP contribution >= 0.6 is 39.1 Å². The van der Waals surface area contributed by atoms with E-state index in [1.807, 2.05) is 67.6 Å². The molecule has 0 saturated carbocycles. The number of hydrogen-bond acceptors (Lipinski definition) is 3. The van der Waals surface area contributed by atoms with E-state index in [9.17, 15) is 14.4 Å². The third-order valence-corrected chi connectivity index (χ3v) is 9.48. The minimum absolute atomic E-state index is 0.406. The lowest BCUT2D eigenvalue weighted by atomic mass is 9.54. The Kier molecular flexibility index (Phi) is 5.38. The van der Waals surface area contributed by atoms with Crippen molar-refractivity contribution in [3.05, 3.63) is 99.0 Å². The van der Waals surface area contributed by atoms with Crippen molar-refractivity contribution in [2.45, 2.75) is 23.1 Å². The summed E-state index contributed by atoms with van der Waals surface area (Å²) in [6.07, 6.45) is 0.709. The molecule has 1 saturated heterocycles. The quantitative estimate of drug-likeness (QED) is 0.324.